The molecule has 2 aliphatic rings. The smallest absolute Gasteiger partial charge is 0.126 e. The Morgan fingerprint density at radius 3 is 2.64 bits per heavy atom. The van der Waals surface area contributed by atoms with Gasteiger partial charge in [0.1, 0.15) is 5.76 Å². The van der Waals surface area contributed by atoms with Gasteiger partial charge in [0.15, 0.2) is 0 Å². The lowest BCUT2D eigenvalue weighted by Crippen LogP contribution is -2.33. The monoisotopic (exact) mass is 356 g/mol. The van der Waals surface area contributed by atoms with Gasteiger partial charge >= 0.3 is 0 Å². The standard InChI is InChI=1S/C20H21ClN2O2/c21-15-6-8-16(9-7-15)23-17-4-2-1-3-5-18(24)19(17)20(22-23)14-10-12-25-13-11-14/h3-9,14,24H,1-2,10-13H2/b5-3?,17-4+,19-18?. The largest absolute Gasteiger partial charge is 0.507 e. The van der Waals surface area contributed by atoms with Crippen LogP contribution in [0.2, 0.25) is 5.02 Å². The number of hydrogen-bond acceptors (Lipinski definition) is 3. The van der Waals surface area contributed by atoms with E-state index < -0.39 is 0 Å². The molecule has 1 saturated heterocycles. The van der Waals surface area contributed by atoms with Crippen molar-refractivity contribution in [3.63, 3.8) is 0 Å². The molecule has 0 spiro atoms. The first-order chi connectivity index (χ1) is 12.2. The van der Waals surface area contributed by atoms with Gasteiger partial charge in [-0.3, -0.25) is 0 Å². The summed E-state index contributed by atoms with van der Waals surface area (Å²) in [5, 5.41) is 18.1. The highest BCUT2D eigenvalue weighted by molar-refractivity contribution is 6.30. The average molecular weight is 357 g/mol. The average Bonchev–Trinajstić information content (AvgIpc) is 3.00. The van der Waals surface area contributed by atoms with E-state index in [9.17, 15) is 5.11 Å². The Hall–Kier alpha value is -2.04. The van der Waals surface area contributed by atoms with Gasteiger partial charge in [-0.15, -0.1) is 0 Å². The quantitative estimate of drug-likeness (QED) is 0.898. The predicted molar refractivity (Wildman–Crippen MR) is 99.5 cm³/mol. The number of nitrogens with zero attached hydrogens (tertiary/aromatic N) is 2. The lowest BCUT2D eigenvalue weighted by Gasteiger charge is -2.20. The summed E-state index contributed by atoms with van der Waals surface area (Å²) >= 11 is 6.04. The molecule has 1 aliphatic heterocycles. The van der Waals surface area contributed by atoms with Gasteiger partial charge < -0.3 is 9.84 Å². The molecule has 0 saturated carbocycles. The molecule has 1 N–H and O–H groups in total. The van der Waals surface area contributed by atoms with Crippen LogP contribution in [0.15, 0.2) is 36.4 Å². The maximum Gasteiger partial charge on any atom is 0.126 e. The maximum atomic E-state index is 10.7. The normalized spacial score (nSPS) is 19.7. The van der Waals surface area contributed by atoms with Gasteiger partial charge in [-0.05, 0) is 56.0 Å². The van der Waals surface area contributed by atoms with Crippen molar-refractivity contribution in [3.8, 4) is 5.69 Å². The van der Waals surface area contributed by atoms with Gasteiger partial charge in [0.2, 0.25) is 0 Å². The van der Waals surface area contributed by atoms with E-state index in [4.69, 9.17) is 21.4 Å². The van der Waals surface area contributed by atoms with E-state index in [1.807, 2.05) is 41.1 Å². The molecular formula is C20H21ClN2O2. The fraction of sp³-hybridized carbons (Fsp3) is 0.350. The molecule has 4 rings (SSSR count). The van der Waals surface area contributed by atoms with E-state index in [1.54, 1.807) is 0 Å². The van der Waals surface area contributed by atoms with Crippen LogP contribution in [-0.2, 0) is 4.74 Å². The molecule has 5 heteroatoms. The highest BCUT2D eigenvalue weighted by atomic mass is 35.5. The number of aromatic nitrogens is 2. The number of ether oxygens (including phenoxy) is 1. The van der Waals surface area contributed by atoms with E-state index >= 15 is 0 Å². The van der Waals surface area contributed by atoms with Gasteiger partial charge in [0.05, 0.1) is 21.9 Å². The first kappa shape index (κ1) is 16.4. The molecule has 4 nitrogen and oxygen atoms in total. The van der Waals surface area contributed by atoms with E-state index in [-0.39, 0.29) is 0 Å². The second-order valence-corrected chi connectivity index (χ2v) is 6.93. The van der Waals surface area contributed by atoms with E-state index in [2.05, 4.69) is 6.08 Å². The van der Waals surface area contributed by atoms with Crippen LogP contribution in [-0.4, -0.2) is 28.1 Å². The van der Waals surface area contributed by atoms with Crippen molar-refractivity contribution in [2.45, 2.75) is 31.6 Å². The SMILES string of the molecule is OC1=c2c(C3CCOCC3)nn(-c3ccc(Cl)cc3)/c2=C/CCC=C1. The first-order valence-electron chi connectivity index (χ1n) is 8.76. The number of benzene rings is 1. The van der Waals surface area contributed by atoms with Gasteiger partial charge in [-0.1, -0.05) is 23.8 Å². The highest BCUT2D eigenvalue weighted by Gasteiger charge is 2.23. The molecule has 2 heterocycles. The molecule has 1 aliphatic carbocycles. The number of rotatable bonds is 2. The van der Waals surface area contributed by atoms with Crippen LogP contribution in [0.5, 0.6) is 0 Å². The summed E-state index contributed by atoms with van der Waals surface area (Å²) in [6, 6.07) is 7.66. The van der Waals surface area contributed by atoms with Crippen LogP contribution in [0.1, 0.15) is 37.3 Å². The van der Waals surface area contributed by atoms with Crippen LogP contribution in [0.4, 0.5) is 0 Å². The zero-order valence-electron chi connectivity index (χ0n) is 14.0. The van der Waals surface area contributed by atoms with Crippen LogP contribution in [0.3, 0.4) is 0 Å². The minimum absolute atomic E-state index is 0.299. The molecule has 25 heavy (non-hydrogen) atoms. The predicted octanol–water partition coefficient (Wildman–Crippen LogP) is 3.22. The third-order valence-electron chi connectivity index (χ3n) is 4.83. The van der Waals surface area contributed by atoms with Crippen molar-refractivity contribution >= 4 is 23.4 Å². The Balaban J connectivity index is 1.97. The zero-order chi connectivity index (χ0) is 17.2. The second kappa shape index (κ2) is 7.06. The van der Waals surface area contributed by atoms with Gasteiger partial charge in [-0.2, -0.15) is 5.10 Å². The van der Waals surface area contributed by atoms with Crippen molar-refractivity contribution in [1.29, 1.82) is 0 Å². The van der Waals surface area contributed by atoms with Crippen molar-refractivity contribution in [2.75, 3.05) is 13.2 Å². The summed E-state index contributed by atoms with van der Waals surface area (Å²) in [5.41, 5.74) is 1.92. The summed E-state index contributed by atoms with van der Waals surface area (Å²) in [4.78, 5) is 0. The third kappa shape index (κ3) is 3.24. The number of allylic oxidation sites excluding steroid dienone is 1. The van der Waals surface area contributed by atoms with Gasteiger partial charge in [-0.25, -0.2) is 4.68 Å². The molecule has 2 aromatic rings. The first-order valence-corrected chi connectivity index (χ1v) is 9.14. The Morgan fingerprint density at radius 2 is 1.88 bits per heavy atom. The lowest BCUT2D eigenvalue weighted by atomic mass is 9.94. The molecule has 0 unspecified atom stereocenters. The minimum Gasteiger partial charge on any atom is -0.507 e. The second-order valence-electron chi connectivity index (χ2n) is 6.49. The molecule has 130 valence electrons. The van der Waals surface area contributed by atoms with Crippen molar-refractivity contribution in [3.05, 3.63) is 57.7 Å². The Kier molecular flexibility index (Phi) is 4.64. The van der Waals surface area contributed by atoms with Crippen molar-refractivity contribution in [1.82, 2.24) is 9.78 Å². The maximum absolute atomic E-state index is 10.7. The molecule has 0 radical (unpaired) electrons. The molecular weight excluding hydrogens is 336 g/mol. The van der Waals surface area contributed by atoms with Crippen molar-refractivity contribution < 1.29 is 9.84 Å². The summed E-state index contributed by atoms with van der Waals surface area (Å²) in [6.07, 6.45) is 9.68. The molecule has 1 aromatic heterocycles. The zero-order valence-corrected chi connectivity index (χ0v) is 14.7. The minimum atomic E-state index is 0.299. The molecule has 1 fully saturated rings. The molecule has 1 aromatic carbocycles. The van der Waals surface area contributed by atoms with Crippen molar-refractivity contribution in [2.24, 2.45) is 0 Å². The van der Waals surface area contributed by atoms with Crippen LogP contribution in [0, 0.1) is 0 Å². The van der Waals surface area contributed by atoms with E-state index in [1.165, 1.54) is 0 Å². The lowest BCUT2D eigenvalue weighted by molar-refractivity contribution is 0.0842. The number of aliphatic hydroxyl groups is 1. The van der Waals surface area contributed by atoms with Crippen LogP contribution in [0.25, 0.3) is 17.5 Å². The summed E-state index contributed by atoms with van der Waals surface area (Å²) in [7, 11) is 0. The van der Waals surface area contributed by atoms with Gasteiger partial charge in [0.25, 0.3) is 0 Å². The highest BCUT2D eigenvalue weighted by Crippen LogP contribution is 2.24. The van der Waals surface area contributed by atoms with E-state index in [0.717, 1.165) is 60.8 Å². The Morgan fingerprint density at radius 1 is 1.12 bits per heavy atom. The number of fused-ring (bicyclic) bond motifs is 1. The van der Waals surface area contributed by atoms with E-state index in [0.29, 0.717) is 16.7 Å². The molecule has 0 bridgehead atoms. The Labute approximate surface area is 151 Å². The fourth-order valence-corrected chi connectivity index (χ4v) is 3.66. The molecule has 0 atom stereocenters. The summed E-state index contributed by atoms with van der Waals surface area (Å²) in [5.74, 6) is 0.604. The molecule has 0 amide bonds. The van der Waals surface area contributed by atoms with Gasteiger partial charge in [0, 0.05) is 24.2 Å². The number of aliphatic hydroxyl groups excluding tert-OH is 1. The van der Waals surface area contributed by atoms with Crippen LogP contribution < -0.4 is 10.6 Å². The summed E-state index contributed by atoms with van der Waals surface area (Å²) < 4.78 is 7.44. The fourth-order valence-electron chi connectivity index (χ4n) is 3.53. The topological polar surface area (TPSA) is 47.3 Å². The Bertz CT molecular complexity index is 906. The third-order valence-corrected chi connectivity index (χ3v) is 5.08. The number of hydrogen-bond donors (Lipinski definition) is 1. The summed E-state index contributed by atoms with van der Waals surface area (Å²) in [6.45, 7) is 1.49. The number of halogens is 1. The van der Waals surface area contributed by atoms with Crippen LogP contribution >= 0.6 is 11.6 Å².